The van der Waals surface area contributed by atoms with Crippen LogP contribution in [0, 0.1) is 0 Å². The third kappa shape index (κ3) is 1.88. The Balaban J connectivity index is 2.54. The zero-order chi connectivity index (χ0) is 11.5. The summed E-state index contributed by atoms with van der Waals surface area (Å²) in [5, 5.41) is 0.672. The van der Waals surface area contributed by atoms with Crippen LogP contribution in [0.5, 0.6) is 11.5 Å². The third-order valence-corrected chi connectivity index (χ3v) is 2.84. The highest BCUT2D eigenvalue weighted by molar-refractivity contribution is 6.32. The van der Waals surface area contributed by atoms with Crippen LogP contribution in [0.25, 0.3) is 6.08 Å². The molecule has 1 aromatic rings. The average Bonchev–Trinajstić information content (AvgIpc) is 2.73. The highest BCUT2D eigenvalue weighted by Crippen LogP contribution is 2.42. The van der Waals surface area contributed by atoms with E-state index >= 15 is 0 Å². The molecule has 0 aliphatic carbocycles. The molecule has 86 valence electrons. The Morgan fingerprint density at radius 3 is 3.00 bits per heavy atom. The van der Waals surface area contributed by atoms with Gasteiger partial charge in [0.15, 0.2) is 11.5 Å². The van der Waals surface area contributed by atoms with Crippen molar-refractivity contribution in [2.45, 2.75) is 13.3 Å². The fraction of sp³-hybridized carbons (Fsp3) is 0.333. The first-order chi connectivity index (χ1) is 7.77. The summed E-state index contributed by atoms with van der Waals surface area (Å²) in [6.07, 6.45) is 4.65. The van der Waals surface area contributed by atoms with Crippen LogP contribution in [0.3, 0.4) is 0 Å². The zero-order valence-corrected chi connectivity index (χ0v) is 9.88. The normalized spacial score (nSPS) is 13.7. The van der Waals surface area contributed by atoms with Crippen molar-refractivity contribution in [2.24, 2.45) is 5.73 Å². The largest absolute Gasteiger partial charge is 0.454 e. The molecular formula is C12H14ClNO2. The number of halogens is 1. The Hall–Kier alpha value is -1.19. The summed E-state index contributed by atoms with van der Waals surface area (Å²) in [6.45, 7) is 2.82. The number of rotatable bonds is 3. The minimum Gasteiger partial charge on any atom is -0.454 e. The first kappa shape index (κ1) is 11.3. The molecule has 2 rings (SSSR count). The Bertz CT molecular complexity index is 430. The van der Waals surface area contributed by atoms with Crippen LogP contribution >= 0.6 is 11.6 Å². The Labute approximate surface area is 99.8 Å². The molecule has 16 heavy (non-hydrogen) atoms. The first-order valence-corrected chi connectivity index (χ1v) is 5.63. The van der Waals surface area contributed by atoms with Gasteiger partial charge in [-0.3, -0.25) is 0 Å². The predicted octanol–water partition coefficient (Wildman–Crippen LogP) is 2.60. The van der Waals surface area contributed by atoms with Gasteiger partial charge in [-0.15, -0.1) is 0 Å². The molecule has 0 aromatic heterocycles. The lowest BCUT2D eigenvalue weighted by atomic mass is 10.0. The van der Waals surface area contributed by atoms with E-state index in [0.29, 0.717) is 11.6 Å². The number of benzene rings is 1. The molecule has 0 saturated carbocycles. The molecule has 0 saturated heterocycles. The topological polar surface area (TPSA) is 44.5 Å². The molecule has 0 bridgehead atoms. The van der Waals surface area contributed by atoms with E-state index in [1.54, 1.807) is 6.07 Å². The van der Waals surface area contributed by atoms with Crippen LogP contribution in [-0.4, -0.2) is 13.3 Å². The molecular weight excluding hydrogens is 226 g/mol. The highest BCUT2D eigenvalue weighted by atomic mass is 35.5. The molecule has 1 aliphatic rings. The second-order valence-corrected chi connectivity index (χ2v) is 3.88. The Morgan fingerprint density at radius 1 is 1.50 bits per heavy atom. The molecule has 0 atom stereocenters. The van der Waals surface area contributed by atoms with Gasteiger partial charge in [-0.1, -0.05) is 30.7 Å². The molecule has 1 heterocycles. The number of fused-ring (bicyclic) bond motifs is 1. The van der Waals surface area contributed by atoms with Crippen LogP contribution in [0.1, 0.15) is 18.1 Å². The first-order valence-electron chi connectivity index (χ1n) is 5.25. The van der Waals surface area contributed by atoms with E-state index in [4.69, 9.17) is 26.8 Å². The summed E-state index contributed by atoms with van der Waals surface area (Å²) >= 11 is 6.20. The van der Waals surface area contributed by atoms with E-state index in [1.165, 1.54) is 0 Å². The standard InChI is InChI=1S/C12H14ClNO2/c1-2-8-9(4-3-5-14)10(13)6-11-12(8)16-7-15-11/h3-4,6H,2,5,7,14H2,1H3/b4-3+. The maximum Gasteiger partial charge on any atom is 0.231 e. The number of ether oxygens (including phenoxy) is 2. The van der Waals surface area contributed by atoms with Crippen molar-refractivity contribution in [1.29, 1.82) is 0 Å². The fourth-order valence-corrected chi connectivity index (χ4v) is 2.08. The van der Waals surface area contributed by atoms with E-state index in [2.05, 4.69) is 6.92 Å². The minimum atomic E-state index is 0.267. The smallest absolute Gasteiger partial charge is 0.231 e. The lowest BCUT2D eigenvalue weighted by molar-refractivity contribution is 0.173. The second-order valence-electron chi connectivity index (χ2n) is 3.48. The molecule has 0 spiro atoms. The second kappa shape index (κ2) is 4.76. The monoisotopic (exact) mass is 239 g/mol. The number of hydrogen-bond donors (Lipinski definition) is 1. The van der Waals surface area contributed by atoms with Gasteiger partial charge >= 0.3 is 0 Å². The number of nitrogens with two attached hydrogens (primary N) is 1. The maximum absolute atomic E-state index is 6.20. The summed E-state index contributed by atoms with van der Waals surface area (Å²) in [5.74, 6) is 1.54. The van der Waals surface area contributed by atoms with Gasteiger partial charge in [0.05, 0.1) is 5.02 Å². The maximum atomic E-state index is 6.20. The van der Waals surface area contributed by atoms with Gasteiger partial charge in [0, 0.05) is 18.2 Å². The van der Waals surface area contributed by atoms with Gasteiger partial charge in [0.25, 0.3) is 0 Å². The lowest BCUT2D eigenvalue weighted by Crippen LogP contribution is -1.96. The van der Waals surface area contributed by atoms with E-state index < -0.39 is 0 Å². The van der Waals surface area contributed by atoms with Crippen molar-refractivity contribution < 1.29 is 9.47 Å². The van der Waals surface area contributed by atoms with Crippen molar-refractivity contribution in [1.82, 2.24) is 0 Å². The SMILES string of the molecule is CCc1c(/C=C/CN)c(Cl)cc2c1OCO2. The summed E-state index contributed by atoms with van der Waals surface area (Å²) < 4.78 is 10.8. The van der Waals surface area contributed by atoms with E-state index in [1.807, 2.05) is 12.2 Å². The lowest BCUT2D eigenvalue weighted by Gasteiger charge is -2.09. The number of hydrogen-bond acceptors (Lipinski definition) is 3. The van der Waals surface area contributed by atoms with Gasteiger partial charge in [-0.25, -0.2) is 0 Å². The van der Waals surface area contributed by atoms with Crippen LogP contribution in [0.4, 0.5) is 0 Å². The molecule has 1 aromatic carbocycles. The quantitative estimate of drug-likeness (QED) is 0.882. The van der Waals surface area contributed by atoms with E-state index in [9.17, 15) is 0 Å². The van der Waals surface area contributed by atoms with Gasteiger partial charge in [0.1, 0.15) is 0 Å². The van der Waals surface area contributed by atoms with Crippen molar-refractivity contribution >= 4 is 17.7 Å². The predicted molar refractivity (Wildman–Crippen MR) is 65.0 cm³/mol. The van der Waals surface area contributed by atoms with Crippen LogP contribution in [-0.2, 0) is 6.42 Å². The molecule has 2 N–H and O–H groups in total. The van der Waals surface area contributed by atoms with Crippen molar-refractivity contribution in [3.63, 3.8) is 0 Å². The van der Waals surface area contributed by atoms with E-state index in [0.717, 1.165) is 29.0 Å². The zero-order valence-electron chi connectivity index (χ0n) is 9.13. The third-order valence-electron chi connectivity index (χ3n) is 2.53. The van der Waals surface area contributed by atoms with Gasteiger partial charge < -0.3 is 15.2 Å². The van der Waals surface area contributed by atoms with Gasteiger partial charge in [-0.05, 0) is 12.0 Å². The molecule has 0 unspecified atom stereocenters. The molecule has 0 amide bonds. The summed E-state index contributed by atoms with van der Waals surface area (Å²) in [5.41, 5.74) is 7.49. The molecule has 3 nitrogen and oxygen atoms in total. The summed E-state index contributed by atoms with van der Waals surface area (Å²) in [7, 11) is 0. The average molecular weight is 240 g/mol. The van der Waals surface area contributed by atoms with Crippen molar-refractivity contribution in [3.8, 4) is 11.5 Å². The van der Waals surface area contributed by atoms with Crippen LogP contribution in [0.15, 0.2) is 12.1 Å². The molecule has 4 heteroatoms. The van der Waals surface area contributed by atoms with E-state index in [-0.39, 0.29) is 6.79 Å². The minimum absolute atomic E-state index is 0.267. The Morgan fingerprint density at radius 2 is 2.31 bits per heavy atom. The summed E-state index contributed by atoms with van der Waals surface area (Å²) in [6, 6.07) is 1.79. The van der Waals surface area contributed by atoms with Gasteiger partial charge in [0.2, 0.25) is 6.79 Å². The fourth-order valence-electron chi connectivity index (χ4n) is 1.81. The van der Waals surface area contributed by atoms with Crippen LogP contribution < -0.4 is 15.2 Å². The highest BCUT2D eigenvalue weighted by Gasteiger charge is 2.21. The van der Waals surface area contributed by atoms with Crippen molar-refractivity contribution in [2.75, 3.05) is 13.3 Å². The summed E-state index contributed by atoms with van der Waals surface area (Å²) in [4.78, 5) is 0. The van der Waals surface area contributed by atoms with Crippen molar-refractivity contribution in [3.05, 3.63) is 28.3 Å². The van der Waals surface area contributed by atoms with Crippen LogP contribution in [0.2, 0.25) is 5.02 Å². The molecule has 0 fully saturated rings. The Kier molecular flexibility index (Phi) is 3.36. The molecule has 1 aliphatic heterocycles. The molecule has 0 radical (unpaired) electrons. The van der Waals surface area contributed by atoms with Gasteiger partial charge in [-0.2, -0.15) is 0 Å².